The number of hydrogen-bond acceptors (Lipinski definition) is 3. The van der Waals surface area contributed by atoms with Gasteiger partial charge in [0, 0.05) is 23.5 Å². The Morgan fingerprint density at radius 3 is 2.77 bits per heavy atom. The van der Waals surface area contributed by atoms with Crippen LogP contribution in [0.5, 0.6) is 0 Å². The van der Waals surface area contributed by atoms with Crippen LogP contribution in [0.3, 0.4) is 0 Å². The van der Waals surface area contributed by atoms with E-state index < -0.39 is 0 Å². The molecule has 4 aromatic rings. The van der Waals surface area contributed by atoms with E-state index in [0.29, 0.717) is 22.4 Å². The molecular weight excluding hydrogens is 328 g/mol. The van der Waals surface area contributed by atoms with Crippen LogP contribution < -0.4 is 10.9 Å². The Labute approximate surface area is 149 Å². The molecule has 1 amide bonds. The number of nitrogens with zero attached hydrogens (tertiary/aromatic N) is 2. The number of pyridine rings is 1. The zero-order chi connectivity index (χ0) is 18.1. The van der Waals surface area contributed by atoms with Crippen LogP contribution in [0.15, 0.2) is 59.4 Å². The molecule has 6 heteroatoms. The van der Waals surface area contributed by atoms with Gasteiger partial charge in [0.05, 0.1) is 16.6 Å². The minimum Gasteiger partial charge on any atom is -0.322 e. The Morgan fingerprint density at radius 1 is 1.15 bits per heavy atom. The maximum absolute atomic E-state index is 12.9. The zero-order valence-corrected chi connectivity index (χ0v) is 14.3. The summed E-state index contributed by atoms with van der Waals surface area (Å²) in [5.41, 5.74) is 2.45. The summed E-state index contributed by atoms with van der Waals surface area (Å²) >= 11 is 0. The number of hydrogen-bond donors (Lipinski definition) is 2. The van der Waals surface area contributed by atoms with E-state index in [4.69, 9.17) is 0 Å². The van der Waals surface area contributed by atoms with Crippen molar-refractivity contribution < 1.29 is 4.79 Å². The largest absolute Gasteiger partial charge is 0.322 e. The number of H-pyrrole nitrogens is 1. The molecule has 0 bridgehead atoms. The van der Waals surface area contributed by atoms with E-state index in [9.17, 15) is 9.59 Å². The van der Waals surface area contributed by atoms with Crippen molar-refractivity contribution in [2.75, 3.05) is 5.32 Å². The van der Waals surface area contributed by atoms with Crippen LogP contribution in [0.25, 0.3) is 21.9 Å². The number of anilines is 1. The number of benzene rings is 2. The SMILES string of the molecule is CCCn1c(NC(=O)c2cc(=O)[nH]c3ccccc23)nc2ccccc21. The Bertz CT molecular complexity index is 1170. The van der Waals surface area contributed by atoms with Crippen molar-refractivity contribution in [3.05, 3.63) is 70.5 Å². The van der Waals surface area contributed by atoms with Gasteiger partial charge in [-0.15, -0.1) is 0 Å². The average Bonchev–Trinajstić information content (AvgIpc) is 2.98. The molecule has 0 saturated heterocycles. The van der Waals surface area contributed by atoms with Gasteiger partial charge in [-0.2, -0.15) is 0 Å². The fraction of sp³-hybridized carbons (Fsp3) is 0.150. The highest BCUT2D eigenvalue weighted by Gasteiger charge is 2.16. The van der Waals surface area contributed by atoms with Crippen molar-refractivity contribution in [1.82, 2.24) is 14.5 Å². The van der Waals surface area contributed by atoms with Crippen molar-refractivity contribution in [1.29, 1.82) is 0 Å². The van der Waals surface area contributed by atoms with Crippen LogP contribution in [0.4, 0.5) is 5.95 Å². The molecule has 0 radical (unpaired) electrons. The smallest absolute Gasteiger partial charge is 0.258 e. The normalized spacial score (nSPS) is 11.1. The van der Waals surface area contributed by atoms with Gasteiger partial charge in [-0.05, 0) is 24.6 Å². The second-order valence-corrected chi connectivity index (χ2v) is 6.12. The van der Waals surface area contributed by atoms with Gasteiger partial charge in [-0.25, -0.2) is 4.98 Å². The highest BCUT2D eigenvalue weighted by Crippen LogP contribution is 2.22. The van der Waals surface area contributed by atoms with Crippen LogP contribution in [0, 0.1) is 0 Å². The number of aryl methyl sites for hydroxylation is 1. The van der Waals surface area contributed by atoms with Gasteiger partial charge in [-0.3, -0.25) is 14.9 Å². The lowest BCUT2D eigenvalue weighted by molar-refractivity contribution is 0.102. The van der Waals surface area contributed by atoms with Gasteiger partial charge < -0.3 is 9.55 Å². The van der Waals surface area contributed by atoms with Crippen LogP contribution >= 0.6 is 0 Å². The number of nitrogens with one attached hydrogen (secondary N) is 2. The molecule has 0 aliphatic carbocycles. The first-order chi connectivity index (χ1) is 12.7. The molecular formula is C20H18N4O2. The molecule has 0 unspecified atom stereocenters. The molecule has 26 heavy (non-hydrogen) atoms. The van der Waals surface area contributed by atoms with Gasteiger partial charge in [0.2, 0.25) is 11.5 Å². The molecule has 6 nitrogen and oxygen atoms in total. The molecule has 0 aliphatic rings. The predicted octanol–water partition coefficient (Wildman–Crippen LogP) is 3.54. The zero-order valence-electron chi connectivity index (χ0n) is 14.3. The number of aromatic amines is 1. The third-order valence-corrected chi connectivity index (χ3v) is 4.32. The van der Waals surface area contributed by atoms with E-state index in [1.54, 1.807) is 6.07 Å². The number of amides is 1. The summed E-state index contributed by atoms with van der Waals surface area (Å²) in [6.45, 7) is 2.82. The number of aromatic nitrogens is 3. The maximum atomic E-state index is 12.9. The van der Waals surface area contributed by atoms with Gasteiger partial charge >= 0.3 is 0 Å². The van der Waals surface area contributed by atoms with E-state index in [1.165, 1.54) is 6.07 Å². The Balaban J connectivity index is 1.79. The first kappa shape index (κ1) is 16.1. The maximum Gasteiger partial charge on any atom is 0.258 e. The van der Waals surface area contributed by atoms with Crippen LogP contribution in [-0.4, -0.2) is 20.4 Å². The third kappa shape index (κ3) is 2.75. The van der Waals surface area contributed by atoms with Gasteiger partial charge in [0.15, 0.2) is 0 Å². The average molecular weight is 346 g/mol. The summed E-state index contributed by atoms with van der Waals surface area (Å²) in [5, 5.41) is 3.58. The monoisotopic (exact) mass is 346 g/mol. The quantitative estimate of drug-likeness (QED) is 0.593. The van der Waals surface area contributed by atoms with Crippen molar-refractivity contribution in [2.45, 2.75) is 19.9 Å². The highest BCUT2D eigenvalue weighted by atomic mass is 16.2. The molecule has 0 atom stereocenters. The van der Waals surface area contributed by atoms with E-state index >= 15 is 0 Å². The Hall–Kier alpha value is -3.41. The number of rotatable bonds is 4. The predicted molar refractivity (Wildman–Crippen MR) is 103 cm³/mol. The molecule has 0 fully saturated rings. The lowest BCUT2D eigenvalue weighted by Crippen LogP contribution is -2.19. The third-order valence-electron chi connectivity index (χ3n) is 4.32. The summed E-state index contributed by atoms with van der Waals surface area (Å²) in [6.07, 6.45) is 0.914. The van der Waals surface area contributed by atoms with E-state index in [1.807, 2.05) is 47.0 Å². The standard InChI is InChI=1S/C20H18N4O2/c1-2-11-24-17-10-6-5-9-16(17)22-20(24)23-19(26)14-12-18(25)21-15-8-4-3-7-13(14)15/h3-10,12H,2,11H2,1H3,(H,21,25)(H,22,23,26). The fourth-order valence-electron chi connectivity index (χ4n) is 3.18. The number of carbonyl (C=O) groups is 1. The minimum absolute atomic E-state index is 0.309. The Morgan fingerprint density at radius 2 is 1.92 bits per heavy atom. The van der Waals surface area contributed by atoms with Gasteiger partial charge in [0.25, 0.3) is 5.91 Å². The van der Waals surface area contributed by atoms with Crippen molar-refractivity contribution in [3.63, 3.8) is 0 Å². The van der Waals surface area contributed by atoms with Gasteiger partial charge in [0.1, 0.15) is 0 Å². The molecule has 4 rings (SSSR count). The molecule has 0 saturated carbocycles. The molecule has 2 aromatic carbocycles. The van der Waals surface area contributed by atoms with Crippen LogP contribution in [0.2, 0.25) is 0 Å². The second kappa shape index (κ2) is 6.48. The number of fused-ring (bicyclic) bond motifs is 2. The topological polar surface area (TPSA) is 79.8 Å². The summed E-state index contributed by atoms with van der Waals surface area (Å²) < 4.78 is 1.99. The van der Waals surface area contributed by atoms with Gasteiger partial charge in [-0.1, -0.05) is 37.3 Å². The lowest BCUT2D eigenvalue weighted by Gasteiger charge is -2.10. The molecule has 130 valence electrons. The lowest BCUT2D eigenvalue weighted by atomic mass is 10.1. The van der Waals surface area contributed by atoms with Crippen molar-refractivity contribution >= 4 is 33.8 Å². The molecule has 0 spiro atoms. The van der Waals surface area contributed by atoms with Crippen LogP contribution in [-0.2, 0) is 6.54 Å². The number of para-hydroxylation sites is 3. The highest BCUT2D eigenvalue weighted by molar-refractivity contribution is 6.12. The van der Waals surface area contributed by atoms with E-state index in [0.717, 1.165) is 24.0 Å². The van der Waals surface area contributed by atoms with E-state index in [-0.39, 0.29) is 11.5 Å². The summed E-state index contributed by atoms with van der Waals surface area (Å²) in [7, 11) is 0. The Kier molecular flexibility index (Phi) is 4.01. The summed E-state index contributed by atoms with van der Waals surface area (Å²) in [6, 6.07) is 16.3. The summed E-state index contributed by atoms with van der Waals surface area (Å²) in [4.78, 5) is 32.1. The molecule has 0 aliphatic heterocycles. The number of carbonyl (C=O) groups excluding carboxylic acids is 1. The summed E-state index contributed by atoms with van der Waals surface area (Å²) in [5.74, 6) is 0.141. The van der Waals surface area contributed by atoms with Crippen molar-refractivity contribution in [2.24, 2.45) is 0 Å². The molecule has 2 heterocycles. The second-order valence-electron chi connectivity index (χ2n) is 6.12. The first-order valence-electron chi connectivity index (χ1n) is 8.56. The molecule has 2 N–H and O–H groups in total. The van der Waals surface area contributed by atoms with Crippen molar-refractivity contribution in [3.8, 4) is 0 Å². The first-order valence-corrected chi connectivity index (χ1v) is 8.56. The fourth-order valence-corrected chi connectivity index (χ4v) is 3.18. The van der Waals surface area contributed by atoms with Crippen LogP contribution in [0.1, 0.15) is 23.7 Å². The van der Waals surface area contributed by atoms with E-state index in [2.05, 4.69) is 22.2 Å². The minimum atomic E-state index is -0.347. The molecule has 2 aromatic heterocycles. The number of imidazole rings is 1.